The molecule has 0 aromatic carbocycles. The van der Waals surface area contributed by atoms with Gasteiger partial charge >= 0.3 is 0 Å². The summed E-state index contributed by atoms with van der Waals surface area (Å²) in [5.74, 6) is 0.689. The van der Waals surface area contributed by atoms with Gasteiger partial charge in [-0.2, -0.15) is 0 Å². The first-order chi connectivity index (χ1) is 8.20. The molecule has 0 saturated heterocycles. The highest BCUT2D eigenvalue weighted by atomic mass is 32.1. The molecule has 0 aliphatic carbocycles. The van der Waals surface area contributed by atoms with Crippen molar-refractivity contribution in [2.24, 2.45) is 11.7 Å². The molecule has 0 aliphatic rings. The molecular weight excluding hydrogens is 228 g/mol. The normalized spacial score (nSPS) is 15.0. The second-order valence-electron chi connectivity index (χ2n) is 4.81. The number of thiophene rings is 1. The third-order valence-corrected chi connectivity index (χ3v) is 4.04. The van der Waals surface area contributed by atoms with Gasteiger partial charge in [0.2, 0.25) is 0 Å². The van der Waals surface area contributed by atoms with Crippen molar-refractivity contribution in [1.29, 1.82) is 0 Å². The molecule has 2 aromatic heterocycles. The van der Waals surface area contributed by atoms with Crippen LogP contribution in [0.25, 0.3) is 10.2 Å². The van der Waals surface area contributed by atoms with Crippen LogP contribution in [-0.2, 0) is 0 Å². The highest BCUT2D eigenvalue weighted by Gasteiger charge is 2.12. The zero-order valence-electron chi connectivity index (χ0n) is 10.5. The number of nitrogens with two attached hydrogens (primary N) is 1. The van der Waals surface area contributed by atoms with Crippen molar-refractivity contribution in [2.45, 2.75) is 39.2 Å². The second kappa shape index (κ2) is 5.61. The number of nitrogens with zero attached hydrogens (tertiary/aromatic N) is 1. The molecule has 2 heterocycles. The van der Waals surface area contributed by atoms with Crippen LogP contribution in [0.2, 0.25) is 0 Å². The molecule has 2 nitrogen and oxygen atoms in total. The Morgan fingerprint density at radius 1 is 1.47 bits per heavy atom. The second-order valence-corrected chi connectivity index (χ2v) is 5.76. The van der Waals surface area contributed by atoms with Crippen molar-refractivity contribution in [3.63, 3.8) is 0 Å². The van der Waals surface area contributed by atoms with Gasteiger partial charge in [0.05, 0.1) is 10.2 Å². The number of hydrogen-bond acceptors (Lipinski definition) is 3. The molecule has 0 aliphatic heterocycles. The van der Waals surface area contributed by atoms with Crippen molar-refractivity contribution in [3.8, 4) is 0 Å². The molecule has 17 heavy (non-hydrogen) atoms. The minimum absolute atomic E-state index is 0.121. The van der Waals surface area contributed by atoms with Crippen LogP contribution >= 0.6 is 11.3 Å². The van der Waals surface area contributed by atoms with Crippen molar-refractivity contribution in [1.82, 2.24) is 4.98 Å². The lowest BCUT2D eigenvalue weighted by molar-refractivity contribution is 0.440. The van der Waals surface area contributed by atoms with Gasteiger partial charge in [-0.15, -0.1) is 11.3 Å². The number of fused-ring (bicyclic) bond motifs is 1. The molecule has 0 amide bonds. The molecule has 2 rings (SSSR count). The van der Waals surface area contributed by atoms with E-state index in [0.29, 0.717) is 5.92 Å². The molecule has 0 fully saturated rings. The molecule has 0 bridgehead atoms. The lowest BCUT2D eigenvalue weighted by Gasteiger charge is -2.16. The molecule has 3 heteroatoms. The van der Waals surface area contributed by atoms with Crippen molar-refractivity contribution in [3.05, 3.63) is 29.3 Å². The van der Waals surface area contributed by atoms with Gasteiger partial charge in [0.15, 0.2) is 0 Å². The van der Waals surface area contributed by atoms with Crippen LogP contribution in [0.1, 0.15) is 44.7 Å². The highest BCUT2D eigenvalue weighted by molar-refractivity contribution is 7.17. The number of pyridine rings is 1. The van der Waals surface area contributed by atoms with E-state index in [9.17, 15) is 0 Å². The molecule has 2 N–H and O–H groups in total. The Kier molecular flexibility index (Phi) is 4.13. The van der Waals surface area contributed by atoms with Crippen molar-refractivity contribution < 1.29 is 0 Å². The summed E-state index contributed by atoms with van der Waals surface area (Å²) in [7, 11) is 0. The van der Waals surface area contributed by atoms with Gasteiger partial charge < -0.3 is 5.73 Å². The van der Waals surface area contributed by atoms with Gasteiger partial charge in [0.1, 0.15) is 0 Å². The van der Waals surface area contributed by atoms with E-state index in [1.54, 1.807) is 11.3 Å². The zero-order valence-corrected chi connectivity index (χ0v) is 11.3. The topological polar surface area (TPSA) is 38.9 Å². The molecule has 0 saturated carbocycles. The number of hydrogen-bond donors (Lipinski definition) is 1. The van der Waals surface area contributed by atoms with E-state index >= 15 is 0 Å². The number of rotatable bonds is 5. The maximum Gasteiger partial charge on any atom is 0.0809 e. The molecule has 92 valence electrons. The fraction of sp³-hybridized carbons (Fsp3) is 0.500. The average molecular weight is 248 g/mol. The van der Waals surface area contributed by atoms with E-state index in [2.05, 4.69) is 36.3 Å². The third-order valence-electron chi connectivity index (χ3n) is 3.19. The van der Waals surface area contributed by atoms with E-state index in [4.69, 9.17) is 5.73 Å². The summed E-state index contributed by atoms with van der Waals surface area (Å²) in [4.78, 5) is 4.45. The van der Waals surface area contributed by atoms with Gasteiger partial charge in [0, 0.05) is 12.2 Å². The molecule has 0 radical (unpaired) electrons. The Bertz CT molecular complexity index is 478. The Balaban J connectivity index is 2.09. The molecule has 2 atom stereocenters. The summed E-state index contributed by atoms with van der Waals surface area (Å²) in [5, 5.41) is 2.08. The van der Waals surface area contributed by atoms with Crippen LogP contribution in [0.15, 0.2) is 23.7 Å². The van der Waals surface area contributed by atoms with E-state index in [1.165, 1.54) is 23.1 Å². The monoisotopic (exact) mass is 248 g/mol. The van der Waals surface area contributed by atoms with E-state index in [-0.39, 0.29) is 6.04 Å². The van der Waals surface area contributed by atoms with Crippen molar-refractivity contribution in [2.75, 3.05) is 0 Å². The lowest BCUT2D eigenvalue weighted by Crippen LogP contribution is -2.14. The van der Waals surface area contributed by atoms with Crippen LogP contribution in [-0.4, -0.2) is 4.98 Å². The average Bonchev–Trinajstić information content (AvgIpc) is 2.75. The molecule has 2 aromatic rings. The minimum atomic E-state index is 0.121. The maximum absolute atomic E-state index is 6.25. The largest absolute Gasteiger partial charge is 0.324 e. The summed E-state index contributed by atoms with van der Waals surface area (Å²) in [6, 6.07) is 4.36. The van der Waals surface area contributed by atoms with Gasteiger partial charge in [-0.25, -0.2) is 0 Å². The standard InChI is InChI=1S/C14H20N2S/c1-3-4-10(2)7-12(15)11-8-14-13(16-9-11)5-6-17-14/h5-6,8-10,12H,3-4,7,15H2,1-2H3. The Labute approximate surface area is 107 Å². The van der Waals surface area contributed by atoms with Crippen LogP contribution in [0.5, 0.6) is 0 Å². The summed E-state index contributed by atoms with van der Waals surface area (Å²) in [5.41, 5.74) is 8.50. The predicted octanol–water partition coefficient (Wildman–Crippen LogP) is 4.12. The fourth-order valence-electron chi connectivity index (χ4n) is 2.24. The van der Waals surface area contributed by atoms with Crippen LogP contribution < -0.4 is 5.73 Å². The highest BCUT2D eigenvalue weighted by Crippen LogP contribution is 2.25. The first-order valence-corrected chi connectivity index (χ1v) is 7.17. The molecule has 2 unspecified atom stereocenters. The van der Waals surface area contributed by atoms with Gasteiger partial charge in [-0.05, 0) is 35.4 Å². The van der Waals surface area contributed by atoms with Crippen LogP contribution in [0, 0.1) is 5.92 Å². The smallest absolute Gasteiger partial charge is 0.0809 e. The molecular formula is C14H20N2S. The maximum atomic E-state index is 6.25. The predicted molar refractivity (Wildman–Crippen MR) is 75.2 cm³/mol. The lowest BCUT2D eigenvalue weighted by atomic mass is 9.94. The third kappa shape index (κ3) is 3.05. The van der Waals surface area contributed by atoms with Crippen LogP contribution in [0.4, 0.5) is 0 Å². The van der Waals surface area contributed by atoms with Gasteiger partial charge in [-0.1, -0.05) is 26.7 Å². The first kappa shape index (κ1) is 12.5. The summed E-state index contributed by atoms with van der Waals surface area (Å²) < 4.78 is 1.24. The van der Waals surface area contributed by atoms with E-state index in [1.807, 2.05) is 6.20 Å². The quantitative estimate of drug-likeness (QED) is 0.864. The van der Waals surface area contributed by atoms with Gasteiger partial charge in [0.25, 0.3) is 0 Å². The first-order valence-electron chi connectivity index (χ1n) is 6.29. The Hall–Kier alpha value is -0.930. The van der Waals surface area contributed by atoms with Gasteiger partial charge in [-0.3, -0.25) is 4.98 Å². The number of aromatic nitrogens is 1. The summed E-state index contributed by atoms with van der Waals surface area (Å²) >= 11 is 1.73. The zero-order chi connectivity index (χ0) is 12.3. The van der Waals surface area contributed by atoms with E-state index < -0.39 is 0 Å². The fourth-order valence-corrected chi connectivity index (χ4v) is 3.03. The van der Waals surface area contributed by atoms with E-state index in [0.717, 1.165) is 11.9 Å². The van der Waals surface area contributed by atoms with Crippen molar-refractivity contribution >= 4 is 21.6 Å². The SMILES string of the molecule is CCCC(C)CC(N)c1cnc2ccsc2c1. The summed E-state index contributed by atoms with van der Waals surface area (Å²) in [6.45, 7) is 4.50. The minimum Gasteiger partial charge on any atom is -0.324 e. The summed E-state index contributed by atoms with van der Waals surface area (Å²) in [6.07, 6.45) is 5.46. The molecule has 0 spiro atoms. The Morgan fingerprint density at radius 3 is 3.06 bits per heavy atom. The Morgan fingerprint density at radius 2 is 2.29 bits per heavy atom. The van der Waals surface area contributed by atoms with Crippen LogP contribution in [0.3, 0.4) is 0 Å².